The summed E-state index contributed by atoms with van der Waals surface area (Å²) in [5.41, 5.74) is 3.61. The molecule has 2 aromatic heterocycles. The quantitative estimate of drug-likeness (QED) is 0.629. The number of ether oxygens (including phenoxy) is 1. The molecule has 2 heterocycles. The van der Waals surface area contributed by atoms with Gasteiger partial charge in [-0.15, -0.1) is 11.3 Å². The fourth-order valence-electron chi connectivity index (χ4n) is 2.62. The van der Waals surface area contributed by atoms with Crippen molar-refractivity contribution in [3.05, 3.63) is 77.3 Å². The normalized spacial score (nSPS) is 12.2. The van der Waals surface area contributed by atoms with Crippen LogP contribution in [-0.2, 0) is 11.2 Å². The minimum Gasteiger partial charge on any atom is -0.377 e. The highest BCUT2D eigenvalue weighted by molar-refractivity contribution is 7.13. The predicted molar refractivity (Wildman–Crippen MR) is 92.1 cm³/mol. The number of aromatic nitrogens is 1. The second-order valence-electron chi connectivity index (χ2n) is 5.17. The van der Waals surface area contributed by atoms with Gasteiger partial charge in [-0.05, 0) is 42.0 Å². The van der Waals surface area contributed by atoms with Crippen molar-refractivity contribution in [1.82, 2.24) is 4.98 Å². The summed E-state index contributed by atoms with van der Waals surface area (Å²) in [6.45, 7) is 0. The van der Waals surface area contributed by atoms with Crippen molar-refractivity contribution in [3.8, 4) is 10.6 Å². The monoisotopic (exact) mass is 309 g/mol. The minimum atomic E-state index is 0.100. The molecule has 112 valence electrons. The summed E-state index contributed by atoms with van der Waals surface area (Å²) in [5.74, 6) is 0. The van der Waals surface area contributed by atoms with E-state index in [1.165, 1.54) is 16.0 Å². The number of methoxy groups -OCH3 is 1. The van der Waals surface area contributed by atoms with Crippen molar-refractivity contribution < 1.29 is 4.74 Å². The average molecular weight is 309 g/mol. The van der Waals surface area contributed by atoms with Gasteiger partial charge in [-0.25, -0.2) is 0 Å². The van der Waals surface area contributed by atoms with E-state index in [4.69, 9.17) is 4.74 Å². The third kappa shape index (κ3) is 3.43. The molecule has 3 aromatic rings. The molecule has 0 aliphatic rings. The number of thiophene rings is 1. The highest BCUT2D eigenvalue weighted by Crippen LogP contribution is 2.35. The van der Waals surface area contributed by atoms with Crippen LogP contribution in [0, 0.1) is 0 Å². The molecule has 3 rings (SSSR count). The molecule has 0 aliphatic heterocycles. The second kappa shape index (κ2) is 7.34. The highest BCUT2D eigenvalue weighted by atomic mass is 32.1. The van der Waals surface area contributed by atoms with Crippen LogP contribution < -0.4 is 0 Å². The molecule has 0 radical (unpaired) electrons. The van der Waals surface area contributed by atoms with E-state index in [9.17, 15) is 0 Å². The van der Waals surface area contributed by atoms with Crippen LogP contribution in [0.1, 0.15) is 23.7 Å². The maximum Gasteiger partial charge on any atom is 0.0839 e. The minimum absolute atomic E-state index is 0.100. The first kappa shape index (κ1) is 14.9. The molecule has 0 saturated heterocycles. The van der Waals surface area contributed by atoms with Gasteiger partial charge in [-0.3, -0.25) is 4.98 Å². The first-order valence-corrected chi connectivity index (χ1v) is 8.32. The molecule has 0 unspecified atom stereocenters. The number of nitrogens with zero attached hydrogens (tertiary/aromatic N) is 1. The standard InChI is InChI=1S/C19H19NOS/c1-21-18(11-10-15-7-3-2-4-8-15)16-12-14-22-19(16)17-9-5-6-13-20-17/h2-9,12-14,18H,10-11H2,1H3/t18-/m0/s1. The fraction of sp³-hybridized carbons (Fsp3) is 0.211. The molecular weight excluding hydrogens is 290 g/mol. The Balaban J connectivity index is 1.78. The molecule has 22 heavy (non-hydrogen) atoms. The Morgan fingerprint density at radius 2 is 1.86 bits per heavy atom. The zero-order chi connectivity index (χ0) is 15.2. The van der Waals surface area contributed by atoms with Crippen LogP contribution in [0.15, 0.2) is 66.2 Å². The van der Waals surface area contributed by atoms with E-state index in [0.717, 1.165) is 18.5 Å². The summed E-state index contributed by atoms with van der Waals surface area (Å²) in [6, 6.07) is 18.7. The van der Waals surface area contributed by atoms with E-state index in [-0.39, 0.29) is 6.10 Å². The Morgan fingerprint density at radius 1 is 1.05 bits per heavy atom. The number of aryl methyl sites for hydroxylation is 1. The first-order chi connectivity index (χ1) is 10.9. The van der Waals surface area contributed by atoms with Crippen molar-refractivity contribution in [2.24, 2.45) is 0 Å². The molecule has 0 aliphatic carbocycles. The Kier molecular flexibility index (Phi) is 4.99. The Labute approximate surface area is 135 Å². The summed E-state index contributed by atoms with van der Waals surface area (Å²) in [7, 11) is 1.79. The van der Waals surface area contributed by atoms with Crippen LogP contribution in [0.5, 0.6) is 0 Å². The zero-order valence-corrected chi connectivity index (χ0v) is 13.4. The van der Waals surface area contributed by atoms with E-state index in [2.05, 4.69) is 52.8 Å². The topological polar surface area (TPSA) is 22.1 Å². The number of benzene rings is 1. The largest absolute Gasteiger partial charge is 0.377 e. The van der Waals surface area contributed by atoms with Crippen LogP contribution in [0.25, 0.3) is 10.6 Å². The maximum absolute atomic E-state index is 5.76. The smallest absolute Gasteiger partial charge is 0.0839 e. The van der Waals surface area contributed by atoms with Gasteiger partial charge in [0, 0.05) is 18.9 Å². The molecule has 0 amide bonds. The first-order valence-electron chi connectivity index (χ1n) is 7.44. The van der Waals surface area contributed by atoms with E-state index in [0.29, 0.717) is 0 Å². The lowest BCUT2D eigenvalue weighted by molar-refractivity contribution is 0.0967. The lowest BCUT2D eigenvalue weighted by atomic mass is 10.0. The molecular formula is C19H19NOS. The molecule has 2 nitrogen and oxygen atoms in total. The van der Waals surface area contributed by atoms with Crippen LogP contribution in [0.3, 0.4) is 0 Å². The van der Waals surface area contributed by atoms with Gasteiger partial charge in [0.1, 0.15) is 0 Å². The van der Waals surface area contributed by atoms with Gasteiger partial charge in [0.15, 0.2) is 0 Å². The lowest BCUT2D eigenvalue weighted by Crippen LogP contribution is -2.03. The number of hydrogen-bond acceptors (Lipinski definition) is 3. The number of rotatable bonds is 6. The van der Waals surface area contributed by atoms with E-state index >= 15 is 0 Å². The average Bonchev–Trinajstić information content (AvgIpc) is 3.07. The molecule has 0 N–H and O–H groups in total. The molecule has 0 bridgehead atoms. The summed E-state index contributed by atoms with van der Waals surface area (Å²) in [4.78, 5) is 5.68. The Bertz CT molecular complexity index is 694. The summed E-state index contributed by atoms with van der Waals surface area (Å²) in [5, 5.41) is 2.12. The SMILES string of the molecule is CO[C@@H](CCc1ccccc1)c1ccsc1-c1ccccn1. The van der Waals surface area contributed by atoms with Gasteiger partial charge in [0.2, 0.25) is 0 Å². The molecule has 1 aromatic carbocycles. The molecule has 0 spiro atoms. The van der Waals surface area contributed by atoms with Crippen LogP contribution in [0.2, 0.25) is 0 Å². The predicted octanol–water partition coefficient (Wildman–Crippen LogP) is 5.13. The van der Waals surface area contributed by atoms with Crippen molar-refractivity contribution in [2.45, 2.75) is 18.9 Å². The van der Waals surface area contributed by atoms with Crippen molar-refractivity contribution in [1.29, 1.82) is 0 Å². The lowest BCUT2D eigenvalue weighted by Gasteiger charge is -2.16. The van der Waals surface area contributed by atoms with Gasteiger partial charge in [0.05, 0.1) is 16.7 Å². The van der Waals surface area contributed by atoms with E-state index in [1.807, 2.05) is 18.3 Å². The van der Waals surface area contributed by atoms with Crippen LogP contribution in [-0.4, -0.2) is 12.1 Å². The van der Waals surface area contributed by atoms with Crippen LogP contribution >= 0.6 is 11.3 Å². The fourth-order valence-corrected chi connectivity index (χ4v) is 3.55. The summed E-state index contributed by atoms with van der Waals surface area (Å²) >= 11 is 1.73. The third-order valence-corrected chi connectivity index (χ3v) is 4.72. The third-order valence-electron chi connectivity index (χ3n) is 3.76. The van der Waals surface area contributed by atoms with Crippen molar-refractivity contribution in [2.75, 3.05) is 7.11 Å². The molecule has 1 atom stereocenters. The van der Waals surface area contributed by atoms with Gasteiger partial charge >= 0.3 is 0 Å². The Hall–Kier alpha value is -1.97. The van der Waals surface area contributed by atoms with Crippen molar-refractivity contribution in [3.63, 3.8) is 0 Å². The summed E-state index contributed by atoms with van der Waals surface area (Å²) in [6.07, 6.45) is 3.92. The molecule has 0 saturated carbocycles. The zero-order valence-electron chi connectivity index (χ0n) is 12.6. The molecule has 3 heteroatoms. The van der Waals surface area contributed by atoms with E-state index in [1.54, 1.807) is 18.4 Å². The number of pyridine rings is 1. The van der Waals surface area contributed by atoms with Gasteiger partial charge in [-0.1, -0.05) is 36.4 Å². The maximum atomic E-state index is 5.76. The molecule has 0 fully saturated rings. The Morgan fingerprint density at radius 3 is 2.59 bits per heavy atom. The van der Waals surface area contributed by atoms with Gasteiger partial charge in [-0.2, -0.15) is 0 Å². The highest BCUT2D eigenvalue weighted by Gasteiger charge is 2.17. The van der Waals surface area contributed by atoms with Gasteiger partial charge < -0.3 is 4.74 Å². The van der Waals surface area contributed by atoms with Crippen molar-refractivity contribution >= 4 is 11.3 Å². The van der Waals surface area contributed by atoms with Gasteiger partial charge in [0.25, 0.3) is 0 Å². The second-order valence-corrected chi connectivity index (χ2v) is 6.08. The van der Waals surface area contributed by atoms with Crippen LogP contribution in [0.4, 0.5) is 0 Å². The van der Waals surface area contributed by atoms with E-state index < -0.39 is 0 Å². The summed E-state index contributed by atoms with van der Waals surface area (Å²) < 4.78 is 5.76. The number of hydrogen-bond donors (Lipinski definition) is 0.